The SMILES string of the molecule is c1ccc(-c2nc3cc(-c4c5ccccc5c(-c5ccc(-c6cccnc6)cc5)c5ccccc45)ccc3c3c2ccc2c4ccccc4sc23)cc1. The molecular formula is C50H30N2S. The summed E-state index contributed by atoms with van der Waals surface area (Å²) in [5, 5.41) is 11.2. The zero-order valence-corrected chi connectivity index (χ0v) is 29.4. The summed E-state index contributed by atoms with van der Waals surface area (Å²) in [5.41, 5.74) is 10.3. The zero-order chi connectivity index (χ0) is 34.9. The standard InChI is InChI=1S/C50H30N2S/c1-2-11-33(12-3-1)49-43-27-26-41-36-14-8-9-19-45(36)53-50(41)48(43)42-25-24-34(29-44(42)52-49)47-39-17-6-4-15-37(39)46(38-16-5-7-18-40(38)47)32-22-20-31(21-23-32)35-13-10-28-51-30-35/h1-30H. The first-order chi connectivity index (χ1) is 26.3. The number of hydrogen-bond acceptors (Lipinski definition) is 3. The van der Waals surface area contributed by atoms with Gasteiger partial charge >= 0.3 is 0 Å². The maximum Gasteiger partial charge on any atom is 0.0788 e. The number of fused-ring (bicyclic) bond motifs is 9. The highest BCUT2D eigenvalue weighted by atomic mass is 32.1. The lowest BCUT2D eigenvalue weighted by atomic mass is 9.85. The van der Waals surface area contributed by atoms with Gasteiger partial charge in [-0.3, -0.25) is 4.98 Å². The van der Waals surface area contributed by atoms with E-state index in [1.807, 2.05) is 29.8 Å². The molecule has 0 unspecified atom stereocenters. The molecule has 11 aromatic rings. The van der Waals surface area contributed by atoms with Gasteiger partial charge in [-0.2, -0.15) is 0 Å². The molecular weight excluding hydrogens is 661 g/mol. The fourth-order valence-corrected chi connectivity index (χ4v) is 9.62. The van der Waals surface area contributed by atoms with E-state index in [0.29, 0.717) is 0 Å². The molecule has 0 N–H and O–H groups in total. The Hall–Kier alpha value is -6.68. The lowest BCUT2D eigenvalue weighted by Gasteiger charge is -2.18. The molecule has 2 nitrogen and oxygen atoms in total. The second kappa shape index (κ2) is 11.9. The third kappa shape index (κ3) is 4.71. The fraction of sp³-hybridized carbons (Fsp3) is 0. The third-order valence-electron chi connectivity index (χ3n) is 10.7. The van der Waals surface area contributed by atoms with Crippen molar-refractivity contribution < 1.29 is 0 Å². The first-order valence-electron chi connectivity index (χ1n) is 18.0. The molecule has 0 aliphatic rings. The summed E-state index contributed by atoms with van der Waals surface area (Å²) in [5.74, 6) is 0. The van der Waals surface area contributed by atoms with E-state index in [-0.39, 0.29) is 0 Å². The van der Waals surface area contributed by atoms with E-state index in [2.05, 4.69) is 169 Å². The third-order valence-corrected chi connectivity index (χ3v) is 11.9. The summed E-state index contributed by atoms with van der Waals surface area (Å²) in [6.07, 6.45) is 3.74. The van der Waals surface area contributed by atoms with Crippen LogP contribution in [0.25, 0.3) is 108 Å². The Bertz CT molecular complexity index is 3140. The highest BCUT2D eigenvalue weighted by Crippen LogP contribution is 2.47. The largest absolute Gasteiger partial charge is 0.264 e. The summed E-state index contributed by atoms with van der Waals surface area (Å²) in [7, 11) is 0. The average Bonchev–Trinajstić information content (AvgIpc) is 3.62. The van der Waals surface area contributed by atoms with E-state index < -0.39 is 0 Å². The number of thiophene rings is 1. The van der Waals surface area contributed by atoms with Crippen LogP contribution in [0.4, 0.5) is 0 Å². The van der Waals surface area contributed by atoms with Gasteiger partial charge in [0.05, 0.1) is 11.2 Å². The molecule has 0 aliphatic heterocycles. The Balaban J connectivity index is 1.18. The Morgan fingerprint density at radius 1 is 0.377 bits per heavy atom. The van der Waals surface area contributed by atoms with Gasteiger partial charge in [0.25, 0.3) is 0 Å². The minimum Gasteiger partial charge on any atom is -0.264 e. The summed E-state index contributed by atoms with van der Waals surface area (Å²) < 4.78 is 2.62. The quantitative estimate of drug-likeness (QED) is 0.136. The van der Waals surface area contributed by atoms with Crippen LogP contribution in [0.1, 0.15) is 0 Å². The maximum atomic E-state index is 5.48. The second-order valence-electron chi connectivity index (χ2n) is 13.7. The van der Waals surface area contributed by atoms with Gasteiger partial charge < -0.3 is 0 Å². The van der Waals surface area contributed by atoms with Gasteiger partial charge in [-0.25, -0.2) is 4.98 Å². The van der Waals surface area contributed by atoms with Gasteiger partial charge in [-0.15, -0.1) is 11.3 Å². The van der Waals surface area contributed by atoms with Crippen LogP contribution in [-0.2, 0) is 0 Å². The second-order valence-corrected chi connectivity index (χ2v) is 14.7. The predicted octanol–water partition coefficient (Wildman–Crippen LogP) is 14.1. The normalized spacial score (nSPS) is 11.8. The van der Waals surface area contributed by atoms with Crippen molar-refractivity contribution in [2.45, 2.75) is 0 Å². The predicted molar refractivity (Wildman–Crippen MR) is 227 cm³/mol. The minimum atomic E-state index is 1.00. The molecule has 0 radical (unpaired) electrons. The van der Waals surface area contributed by atoms with Crippen LogP contribution in [0.5, 0.6) is 0 Å². The van der Waals surface area contributed by atoms with Gasteiger partial charge in [-0.1, -0.05) is 152 Å². The molecule has 3 heteroatoms. The van der Waals surface area contributed by atoms with Crippen molar-refractivity contribution in [2.24, 2.45) is 0 Å². The van der Waals surface area contributed by atoms with Crippen LogP contribution in [-0.4, -0.2) is 9.97 Å². The van der Waals surface area contributed by atoms with Crippen LogP contribution in [0.15, 0.2) is 182 Å². The molecule has 3 heterocycles. The Morgan fingerprint density at radius 3 is 1.64 bits per heavy atom. The van der Waals surface area contributed by atoms with Crippen LogP contribution in [0.2, 0.25) is 0 Å². The summed E-state index contributed by atoms with van der Waals surface area (Å²) >= 11 is 1.88. The molecule has 11 rings (SSSR count). The number of hydrogen-bond donors (Lipinski definition) is 0. The van der Waals surface area contributed by atoms with Gasteiger partial charge in [0, 0.05) is 54.3 Å². The molecule has 0 aliphatic carbocycles. The Morgan fingerprint density at radius 2 is 0.943 bits per heavy atom. The van der Waals surface area contributed by atoms with Crippen molar-refractivity contribution >= 4 is 74.7 Å². The molecule has 0 amide bonds. The van der Waals surface area contributed by atoms with Crippen molar-refractivity contribution in [3.8, 4) is 44.6 Å². The van der Waals surface area contributed by atoms with Crippen molar-refractivity contribution in [1.29, 1.82) is 0 Å². The van der Waals surface area contributed by atoms with Crippen molar-refractivity contribution in [1.82, 2.24) is 9.97 Å². The summed E-state index contributed by atoms with van der Waals surface area (Å²) in [6.45, 7) is 0. The zero-order valence-electron chi connectivity index (χ0n) is 28.6. The minimum absolute atomic E-state index is 1.00. The van der Waals surface area contributed by atoms with E-state index in [4.69, 9.17) is 4.98 Å². The summed E-state index contributed by atoms with van der Waals surface area (Å²) in [6, 6.07) is 61.7. The number of benzene rings is 8. The van der Waals surface area contributed by atoms with Crippen LogP contribution < -0.4 is 0 Å². The molecule has 0 saturated heterocycles. The van der Waals surface area contributed by atoms with Crippen LogP contribution in [0.3, 0.4) is 0 Å². The maximum absolute atomic E-state index is 5.48. The Kier molecular flexibility index (Phi) is 6.76. The van der Waals surface area contributed by atoms with E-state index in [9.17, 15) is 0 Å². The molecule has 53 heavy (non-hydrogen) atoms. The van der Waals surface area contributed by atoms with Gasteiger partial charge in [0.2, 0.25) is 0 Å². The van der Waals surface area contributed by atoms with Crippen molar-refractivity contribution in [3.63, 3.8) is 0 Å². The van der Waals surface area contributed by atoms with Crippen molar-refractivity contribution in [2.75, 3.05) is 0 Å². The van der Waals surface area contributed by atoms with Crippen LogP contribution >= 0.6 is 11.3 Å². The molecule has 0 fully saturated rings. The first-order valence-corrected chi connectivity index (χ1v) is 18.8. The number of aromatic nitrogens is 2. The van der Waals surface area contributed by atoms with Crippen LogP contribution in [0, 0.1) is 0 Å². The number of nitrogens with zero attached hydrogens (tertiary/aromatic N) is 2. The fourth-order valence-electron chi connectivity index (χ4n) is 8.35. The molecule has 0 saturated carbocycles. The monoisotopic (exact) mass is 690 g/mol. The topological polar surface area (TPSA) is 25.8 Å². The lowest BCUT2D eigenvalue weighted by Crippen LogP contribution is -1.93. The van der Waals surface area contributed by atoms with Crippen molar-refractivity contribution in [3.05, 3.63) is 182 Å². The number of pyridine rings is 2. The highest BCUT2D eigenvalue weighted by molar-refractivity contribution is 7.26. The highest BCUT2D eigenvalue weighted by Gasteiger charge is 2.20. The average molecular weight is 691 g/mol. The molecule has 0 bridgehead atoms. The number of rotatable bonds is 4. The first kappa shape index (κ1) is 30.0. The van der Waals surface area contributed by atoms with Gasteiger partial charge in [0.1, 0.15) is 0 Å². The molecule has 8 aromatic carbocycles. The summed E-state index contributed by atoms with van der Waals surface area (Å²) in [4.78, 5) is 9.81. The molecule has 246 valence electrons. The lowest BCUT2D eigenvalue weighted by molar-refractivity contribution is 1.33. The smallest absolute Gasteiger partial charge is 0.0788 e. The molecule has 0 spiro atoms. The van der Waals surface area contributed by atoms with E-state index in [1.165, 1.54) is 74.6 Å². The Labute approximate surface area is 310 Å². The van der Waals surface area contributed by atoms with E-state index in [0.717, 1.165) is 33.5 Å². The van der Waals surface area contributed by atoms with Gasteiger partial charge in [0.15, 0.2) is 0 Å². The van der Waals surface area contributed by atoms with Gasteiger partial charge in [-0.05, 0) is 73.1 Å². The van der Waals surface area contributed by atoms with E-state index in [1.54, 1.807) is 0 Å². The van der Waals surface area contributed by atoms with E-state index >= 15 is 0 Å². The molecule has 3 aromatic heterocycles. The molecule has 0 atom stereocenters.